The topological polar surface area (TPSA) is 80.3 Å². The first-order valence-corrected chi connectivity index (χ1v) is 6.55. The molecule has 1 rings (SSSR count). The zero-order chi connectivity index (χ0) is 15.7. The van der Waals surface area contributed by atoms with Gasteiger partial charge in [0.15, 0.2) is 0 Å². The Hall–Kier alpha value is -2.28. The monoisotopic (exact) mass is 298 g/mol. The highest BCUT2D eigenvalue weighted by molar-refractivity contribution is 5.89. The van der Waals surface area contributed by atoms with Crippen LogP contribution in [0.25, 0.3) is 0 Å². The lowest BCUT2D eigenvalue weighted by atomic mass is 10.2. The summed E-state index contributed by atoms with van der Waals surface area (Å²) in [7, 11) is 0. The van der Waals surface area contributed by atoms with Crippen LogP contribution in [0.5, 0.6) is 5.75 Å². The molecule has 0 fully saturated rings. The van der Waals surface area contributed by atoms with Gasteiger partial charge in [0.05, 0.1) is 17.2 Å². The van der Waals surface area contributed by atoms with Crippen LogP contribution >= 0.6 is 0 Å². The van der Waals surface area contributed by atoms with Gasteiger partial charge in [0.1, 0.15) is 11.9 Å². The molecule has 7 nitrogen and oxygen atoms in total. The number of hydrogen-bond donors (Lipinski definition) is 0. The van der Waals surface area contributed by atoms with E-state index in [1.54, 1.807) is 19.1 Å². The first-order chi connectivity index (χ1) is 10.1. The minimum atomic E-state index is -1.08. The number of rotatable bonds is 7. The van der Waals surface area contributed by atoms with Crippen LogP contribution in [0.15, 0.2) is 24.3 Å². The highest BCUT2D eigenvalue weighted by atomic mass is 17.5. The predicted octanol–water partition coefficient (Wildman–Crippen LogP) is 3.04. The van der Waals surface area contributed by atoms with Gasteiger partial charge < -0.3 is 9.47 Å². The predicted molar refractivity (Wildman–Crippen MR) is 71.4 cm³/mol. The molecule has 0 aliphatic rings. The van der Waals surface area contributed by atoms with Crippen molar-refractivity contribution < 1.29 is 33.9 Å². The minimum Gasteiger partial charge on any atom is -0.494 e. The second kappa shape index (κ2) is 8.80. The normalized spacial score (nSPS) is 11.4. The van der Waals surface area contributed by atoms with Crippen molar-refractivity contribution in [1.29, 1.82) is 0 Å². The number of carbonyl (C=O) groups excluding carboxylic acids is 2. The molecule has 0 aliphatic carbocycles. The molecular formula is C14H18O7. The first-order valence-electron chi connectivity index (χ1n) is 6.55. The average Bonchev–Trinajstić information content (AvgIpc) is 2.47. The Bertz CT molecular complexity index is 472. The Labute approximate surface area is 122 Å². The number of hydrogen-bond acceptors (Lipinski definition) is 7. The fourth-order valence-electron chi connectivity index (χ4n) is 1.27. The summed E-state index contributed by atoms with van der Waals surface area (Å²) >= 11 is 0. The summed E-state index contributed by atoms with van der Waals surface area (Å²) in [6.45, 7) is 5.82. The molecule has 1 aromatic carbocycles. The van der Waals surface area contributed by atoms with Crippen LogP contribution in [0, 0.1) is 0 Å². The Balaban J connectivity index is 2.40. The van der Waals surface area contributed by atoms with Gasteiger partial charge in [-0.3, -0.25) is 4.89 Å². The maximum Gasteiger partial charge on any atom is 0.543 e. The molecule has 7 heteroatoms. The molecule has 0 saturated carbocycles. The number of carbonyl (C=O) groups is 2. The van der Waals surface area contributed by atoms with Crippen LogP contribution in [0.1, 0.15) is 37.6 Å². The summed E-state index contributed by atoms with van der Waals surface area (Å²) in [4.78, 5) is 31.2. The Kier molecular flexibility index (Phi) is 7.03. The third kappa shape index (κ3) is 6.13. The molecule has 0 N–H and O–H groups in total. The molecule has 116 valence electrons. The quantitative estimate of drug-likeness (QED) is 0.435. The van der Waals surface area contributed by atoms with Gasteiger partial charge in [-0.15, -0.1) is 0 Å². The second-order valence-electron chi connectivity index (χ2n) is 4.07. The van der Waals surface area contributed by atoms with Crippen LogP contribution in [0.4, 0.5) is 4.79 Å². The maximum absolute atomic E-state index is 11.6. The summed E-state index contributed by atoms with van der Waals surface area (Å²) in [5.41, 5.74) is 0.194. The standard InChI is InChI=1S/C14H18O7/c1-4-10(3)18-14(16)20-21-19-13(15)11-7-6-8-12(9-11)17-5-2/h6-10H,4-5H2,1-3H3. The molecule has 0 heterocycles. The van der Waals surface area contributed by atoms with Gasteiger partial charge in [-0.2, -0.15) is 0 Å². The van der Waals surface area contributed by atoms with Crippen LogP contribution in [-0.4, -0.2) is 24.8 Å². The van der Waals surface area contributed by atoms with E-state index in [1.807, 2.05) is 13.8 Å². The molecule has 21 heavy (non-hydrogen) atoms. The summed E-state index contributed by atoms with van der Waals surface area (Å²) in [6, 6.07) is 6.30. The lowest BCUT2D eigenvalue weighted by Gasteiger charge is -2.08. The van der Waals surface area contributed by atoms with E-state index in [2.05, 4.69) is 14.8 Å². The van der Waals surface area contributed by atoms with E-state index in [-0.39, 0.29) is 11.7 Å². The van der Waals surface area contributed by atoms with Crippen LogP contribution in [0.3, 0.4) is 0 Å². The van der Waals surface area contributed by atoms with Crippen molar-refractivity contribution in [2.24, 2.45) is 0 Å². The van der Waals surface area contributed by atoms with E-state index < -0.39 is 12.1 Å². The molecule has 1 aromatic rings. The van der Waals surface area contributed by atoms with Gasteiger partial charge >= 0.3 is 12.1 Å². The molecule has 0 saturated heterocycles. The maximum atomic E-state index is 11.6. The Morgan fingerprint density at radius 1 is 1.19 bits per heavy atom. The van der Waals surface area contributed by atoms with E-state index in [4.69, 9.17) is 9.47 Å². The highest BCUT2D eigenvalue weighted by Crippen LogP contribution is 2.14. The van der Waals surface area contributed by atoms with Crippen molar-refractivity contribution in [3.8, 4) is 5.75 Å². The fourth-order valence-corrected chi connectivity index (χ4v) is 1.27. The molecule has 0 aliphatic heterocycles. The fraction of sp³-hybridized carbons (Fsp3) is 0.429. The summed E-state index contributed by atoms with van der Waals surface area (Å²) in [5, 5.41) is 4.09. The third-order valence-corrected chi connectivity index (χ3v) is 2.46. The number of ether oxygens (including phenoxy) is 2. The summed E-state index contributed by atoms with van der Waals surface area (Å²) in [5.74, 6) is -0.308. The summed E-state index contributed by atoms with van der Waals surface area (Å²) in [6.07, 6.45) is -0.779. The summed E-state index contributed by atoms with van der Waals surface area (Å²) < 4.78 is 9.98. The van der Waals surface area contributed by atoms with E-state index in [0.717, 1.165) is 0 Å². The van der Waals surface area contributed by atoms with E-state index >= 15 is 0 Å². The average molecular weight is 298 g/mol. The largest absolute Gasteiger partial charge is 0.543 e. The van der Waals surface area contributed by atoms with Gasteiger partial charge in [0.2, 0.25) is 0 Å². The smallest absolute Gasteiger partial charge is 0.494 e. The second-order valence-corrected chi connectivity index (χ2v) is 4.07. The molecule has 0 spiro atoms. The van der Waals surface area contributed by atoms with Crippen LogP contribution in [0.2, 0.25) is 0 Å². The molecule has 0 radical (unpaired) electrons. The molecule has 0 aromatic heterocycles. The Morgan fingerprint density at radius 2 is 1.95 bits per heavy atom. The van der Waals surface area contributed by atoms with E-state index in [0.29, 0.717) is 18.8 Å². The first kappa shape index (κ1) is 16.8. The van der Waals surface area contributed by atoms with Crippen molar-refractivity contribution in [2.45, 2.75) is 33.3 Å². The van der Waals surface area contributed by atoms with Crippen molar-refractivity contribution in [3.05, 3.63) is 29.8 Å². The van der Waals surface area contributed by atoms with Gasteiger partial charge in [0, 0.05) is 0 Å². The van der Waals surface area contributed by atoms with E-state index in [1.165, 1.54) is 12.1 Å². The molecule has 0 bridgehead atoms. The van der Waals surface area contributed by atoms with Crippen molar-refractivity contribution in [2.75, 3.05) is 6.61 Å². The van der Waals surface area contributed by atoms with Crippen LogP contribution in [-0.2, 0) is 19.6 Å². The van der Waals surface area contributed by atoms with Crippen molar-refractivity contribution in [3.63, 3.8) is 0 Å². The Morgan fingerprint density at radius 3 is 2.62 bits per heavy atom. The number of benzene rings is 1. The van der Waals surface area contributed by atoms with Gasteiger partial charge in [-0.1, -0.05) is 13.0 Å². The lowest BCUT2D eigenvalue weighted by Crippen LogP contribution is -2.16. The highest BCUT2D eigenvalue weighted by Gasteiger charge is 2.14. The van der Waals surface area contributed by atoms with Gasteiger partial charge in [-0.05, 0) is 38.5 Å². The van der Waals surface area contributed by atoms with Crippen molar-refractivity contribution in [1.82, 2.24) is 0 Å². The minimum absolute atomic E-state index is 0.194. The van der Waals surface area contributed by atoms with E-state index in [9.17, 15) is 9.59 Å². The van der Waals surface area contributed by atoms with Gasteiger partial charge in [0.25, 0.3) is 0 Å². The zero-order valence-corrected chi connectivity index (χ0v) is 12.2. The van der Waals surface area contributed by atoms with Crippen molar-refractivity contribution >= 4 is 12.1 Å². The lowest BCUT2D eigenvalue weighted by molar-refractivity contribution is -0.452. The third-order valence-electron chi connectivity index (χ3n) is 2.46. The SMILES string of the molecule is CCOc1cccc(C(=O)OOOC(=O)OC(C)CC)c1. The zero-order valence-electron chi connectivity index (χ0n) is 12.2. The van der Waals surface area contributed by atoms with Crippen LogP contribution < -0.4 is 4.74 Å². The molecule has 1 atom stereocenters. The van der Waals surface area contributed by atoms with Gasteiger partial charge in [-0.25, -0.2) is 14.5 Å². The molecule has 0 amide bonds. The molecule has 1 unspecified atom stereocenters. The molecular weight excluding hydrogens is 280 g/mol.